The Labute approximate surface area is 111 Å². The van der Waals surface area contributed by atoms with Gasteiger partial charge in [-0.1, -0.05) is 30.3 Å². The molecule has 0 saturated heterocycles. The maximum Gasteiger partial charge on any atom is 0.231 e. The lowest BCUT2D eigenvalue weighted by Gasteiger charge is -2.20. The normalized spacial score (nSPS) is 13.7. The van der Waals surface area contributed by atoms with Crippen molar-refractivity contribution in [3.8, 4) is 17.3 Å². The summed E-state index contributed by atoms with van der Waals surface area (Å²) in [5.41, 5.74) is 3.67. The van der Waals surface area contributed by atoms with Crippen LogP contribution in [0.3, 0.4) is 0 Å². The number of pyridine rings is 1. The molecule has 0 radical (unpaired) electrons. The highest BCUT2D eigenvalue weighted by atomic mass is 19.1. The van der Waals surface area contributed by atoms with Gasteiger partial charge in [0, 0.05) is 5.56 Å². The monoisotopic (exact) mass is 252 g/mol. The van der Waals surface area contributed by atoms with Crippen molar-refractivity contribution in [3.63, 3.8) is 0 Å². The third kappa shape index (κ3) is 2.00. The number of halogens is 1. The van der Waals surface area contributed by atoms with Gasteiger partial charge in [0.25, 0.3) is 0 Å². The highest BCUT2D eigenvalue weighted by molar-refractivity contribution is 5.66. The summed E-state index contributed by atoms with van der Waals surface area (Å²) in [7, 11) is 0. The summed E-state index contributed by atoms with van der Waals surface area (Å²) in [5, 5.41) is 9.11. The zero-order valence-corrected chi connectivity index (χ0v) is 10.5. The summed E-state index contributed by atoms with van der Waals surface area (Å²) in [6.07, 6.45) is 3.74. The van der Waals surface area contributed by atoms with E-state index >= 15 is 0 Å². The van der Waals surface area contributed by atoms with Crippen LogP contribution in [0.1, 0.15) is 29.5 Å². The standard InChI is InChI=1S/C16H13FN2/c17-16-14(10-18)12-8-4-5-9-13(12)15(19-16)11-6-2-1-3-7-11/h1-3,6-7H,4-5,8-9H2. The van der Waals surface area contributed by atoms with Gasteiger partial charge in [-0.2, -0.15) is 9.65 Å². The van der Waals surface area contributed by atoms with Crippen LogP contribution in [0.15, 0.2) is 30.3 Å². The molecule has 94 valence electrons. The summed E-state index contributed by atoms with van der Waals surface area (Å²) in [6, 6.07) is 11.6. The predicted octanol–water partition coefficient (Wildman–Crippen LogP) is 3.64. The Hall–Kier alpha value is -2.21. The Morgan fingerprint density at radius 1 is 1.05 bits per heavy atom. The summed E-state index contributed by atoms with van der Waals surface area (Å²) < 4.78 is 14.0. The lowest BCUT2D eigenvalue weighted by atomic mass is 9.86. The van der Waals surface area contributed by atoms with Gasteiger partial charge in [0.1, 0.15) is 11.6 Å². The van der Waals surface area contributed by atoms with Crippen LogP contribution in [0.25, 0.3) is 11.3 Å². The predicted molar refractivity (Wildman–Crippen MR) is 71.0 cm³/mol. The van der Waals surface area contributed by atoms with Gasteiger partial charge in [-0.3, -0.25) is 0 Å². The quantitative estimate of drug-likeness (QED) is 0.726. The zero-order chi connectivity index (χ0) is 13.2. The molecule has 1 aromatic carbocycles. The van der Waals surface area contributed by atoms with Crippen molar-refractivity contribution in [2.45, 2.75) is 25.7 Å². The zero-order valence-electron chi connectivity index (χ0n) is 10.5. The van der Waals surface area contributed by atoms with Crippen molar-refractivity contribution >= 4 is 0 Å². The molecular weight excluding hydrogens is 239 g/mol. The Morgan fingerprint density at radius 2 is 1.74 bits per heavy atom. The smallest absolute Gasteiger partial charge is 0.218 e. The Kier molecular flexibility index (Phi) is 3.00. The van der Waals surface area contributed by atoms with Crippen molar-refractivity contribution in [1.29, 1.82) is 5.26 Å². The van der Waals surface area contributed by atoms with E-state index in [0.29, 0.717) is 5.69 Å². The van der Waals surface area contributed by atoms with Crippen molar-refractivity contribution in [3.05, 3.63) is 53.0 Å². The van der Waals surface area contributed by atoms with E-state index in [0.717, 1.165) is 42.4 Å². The van der Waals surface area contributed by atoms with Crippen molar-refractivity contribution in [2.24, 2.45) is 0 Å². The topological polar surface area (TPSA) is 36.7 Å². The molecule has 3 rings (SSSR count). The third-order valence-electron chi connectivity index (χ3n) is 3.63. The molecule has 0 aliphatic heterocycles. The molecule has 1 aliphatic carbocycles. The lowest BCUT2D eigenvalue weighted by Crippen LogP contribution is -2.11. The number of fused-ring (bicyclic) bond motifs is 1. The van der Waals surface area contributed by atoms with Gasteiger partial charge in [0.2, 0.25) is 5.95 Å². The number of hydrogen-bond donors (Lipinski definition) is 0. The van der Waals surface area contributed by atoms with Crippen LogP contribution in [0.5, 0.6) is 0 Å². The van der Waals surface area contributed by atoms with Gasteiger partial charge in [-0.05, 0) is 36.8 Å². The summed E-state index contributed by atoms with van der Waals surface area (Å²) in [4.78, 5) is 4.04. The molecule has 3 heteroatoms. The number of aromatic nitrogens is 1. The van der Waals surface area contributed by atoms with Crippen molar-refractivity contribution < 1.29 is 4.39 Å². The highest BCUT2D eigenvalue weighted by Crippen LogP contribution is 2.32. The fourth-order valence-corrected chi connectivity index (χ4v) is 2.74. The first-order chi connectivity index (χ1) is 9.31. The minimum Gasteiger partial charge on any atom is -0.218 e. The van der Waals surface area contributed by atoms with Gasteiger partial charge < -0.3 is 0 Å². The Balaban J connectivity index is 2.27. The molecule has 1 aromatic heterocycles. The van der Waals surface area contributed by atoms with Gasteiger partial charge in [-0.15, -0.1) is 0 Å². The molecule has 1 aliphatic rings. The van der Waals surface area contributed by atoms with Crippen LogP contribution in [0.4, 0.5) is 4.39 Å². The van der Waals surface area contributed by atoms with E-state index in [9.17, 15) is 4.39 Å². The van der Waals surface area contributed by atoms with E-state index in [1.165, 1.54) is 0 Å². The van der Waals surface area contributed by atoms with E-state index in [2.05, 4.69) is 4.98 Å². The molecule has 0 fully saturated rings. The number of benzene rings is 1. The van der Waals surface area contributed by atoms with Crippen LogP contribution in [0, 0.1) is 17.3 Å². The van der Waals surface area contributed by atoms with E-state index in [4.69, 9.17) is 5.26 Å². The van der Waals surface area contributed by atoms with Gasteiger partial charge in [0.05, 0.1) is 5.69 Å². The molecular formula is C16H13FN2. The maximum absolute atomic E-state index is 14.0. The van der Waals surface area contributed by atoms with Crippen LogP contribution in [-0.4, -0.2) is 4.98 Å². The van der Waals surface area contributed by atoms with E-state index in [1.807, 2.05) is 36.4 Å². The molecule has 0 N–H and O–H groups in total. The van der Waals surface area contributed by atoms with Crippen LogP contribution in [-0.2, 0) is 12.8 Å². The van der Waals surface area contributed by atoms with Crippen LogP contribution >= 0.6 is 0 Å². The first-order valence-corrected chi connectivity index (χ1v) is 6.48. The number of hydrogen-bond acceptors (Lipinski definition) is 2. The van der Waals surface area contributed by atoms with Crippen molar-refractivity contribution in [1.82, 2.24) is 4.98 Å². The molecule has 0 spiro atoms. The number of nitriles is 1. The molecule has 0 amide bonds. The SMILES string of the molecule is N#Cc1c(F)nc(-c2ccccc2)c2c1CCCC2. The molecule has 1 heterocycles. The summed E-state index contributed by atoms with van der Waals surface area (Å²) >= 11 is 0. The Bertz CT molecular complexity index is 657. The van der Waals surface area contributed by atoms with E-state index < -0.39 is 5.95 Å². The fourth-order valence-electron chi connectivity index (χ4n) is 2.74. The second-order valence-electron chi connectivity index (χ2n) is 4.77. The third-order valence-corrected chi connectivity index (χ3v) is 3.63. The van der Waals surface area contributed by atoms with E-state index in [-0.39, 0.29) is 5.56 Å². The average molecular weight is 252 g/mol. The molecule has 0 bridgehead atoms. The first kappa shape index (κ1) is 11.9. The molecule has 0 atom stereocenters. The average Bonchev–Trinajstić information content (AvgIpc) is 2.47. The second kappa shape index (κ2) is 4.81. The first-order valence-electron chi connectivity index (χ1n) is 6.48. The molecule has 19 heavy (non-hydrogen) atoms. The molecule has 2 nitrogen and oxygen atoms in total. The minimum atomic E-state index is -0.637. The maximum atomic E-state index is 14.0. The molecule has 2 aromatic rings. The van der Waals surface area contributed by atoms with Crippen LogP contribution in [0.2, 0.25) is 0 Å². The number of rotatable bonds is 1. The second-order valence-corrected chi connectivity index (χ2v) is 4.77. The van der Waals surface area contributed by atoms with Gasteiger partial charge in [0.15, 0.2) is 0 Å². The fraction of sp³-hybridized carbons (Fsp3) is 0.250. The van der Waals surface area contributed by atoms with E-state index in [1.54, 1.807) is 0 Å². The highest BCUT2D eigenvalue weighted by Gasteiger charge is 2.22. The number of nitrogens with zero attached hydrogens (tertiary/aromatic N) is 2. The lowest BCUT2D eigenvalue weighted by molar-refractivity contribution is 0.569. The van der Waals surface area contributed by atoms with Crippen LogP contribution < -0.4 is 0 Å². The minimum absolute atomic E-state index is 0.134. The van der Waals surface area contributed by atoms with Gasteiger partial charge >= 0.3 is 0 Å². The molecule has 0 unspecified atom stereocenters. The van der Waals surface area contributed by atoms with Crippen molar-refractivity contribution in [2.75, 3.05) is 0 Å². The largest absolute Gasteiger partial charge is 0.231 e. The Morgan fingerprint density at radius 3 is 2.42 bits per heavy atom. The summed E-state index contributed by atoms with van der Waals surface area (Å²) in [5.74, 6) is -0.637. The summed E-state index contributed by atoms with van der Waals surface area (Å²) in [6.45, 7) is 0. The molecule has 0 saturated carbocycles. The van der Waals surface area contributed by atoms with Gasteiger partial charge in [-0.25, -0.2) is 4.98 Å².